The van der Waals surface area contributed by atoms with Crippen molar-refractivity contribution in [3.8, 4) is 0 Å². The van der Waals surface area contributed by atoms with Gasteiger partial charge in [0.25, 0.3) is 5.91 Å². The molecule has 2 aromatic rings. The van der Waals surface area contributed by atoms with Crippen LogP contribution >= 0.6 is 11.8 Å². The minimum Gasteiger partial charge on any atom is -0.372 e. The maximum atomic E-state index is 12.5. The van der Waals surface area contributed by atoms with E-state index in [1.54, 1.807) is 6.07 Å². The van der Waals surface area contributed by atoms with Crippen LogP contribution in [0.4, 0.5) is 11.4 Å². The molecule has 1 aromatic heterocycles. The maximum Gasteiger partial charge on any atom is 0.274 e. The number of amides is 1. The van der Waals surface area contributed by atoms with E-state index in [9.17, 15) is 4.79 Å². The molecular weight excluding hydrogens is 332 g/mol. The average molecular weight is 356 g/mol. The van der Waals surface area contributed by atoms with Gasteiger partial charge in [-0.3, -0.25) is 4.79 Å². The highest BCUT2D eigenvalue weighted by molar-refractivity contribution is 7.99. The van der Waals surface area contributed by atoms with Gasteiger partial charge in [-0.05, 0) is 62.3 Å². The fraction of sp³-hybridized carbons (Fsp3) is 0.421. The molecule has 1 fully saturated rings. The second-order valence-corrected chi connectivity index (χ2v) is 7.39. The molecular formula is C19H24N4OS. The van der Waals surface area contributed by atoms with E-state index in [0.717, 1.165) is 30.2 Å². The summed E-state index contributed by atoms with van der Waals surface area (Å²) in [4.78, 5) is 23.6. The monoisotopic (exact) mass is 356 g/mol. The molecule has 0 radical (unpaired) electrons. The first-order chi connectivity index (χ1) is 12.2. The van der Waals surface area contributed by atoms with Gasteiger partial charge in [0.2, 0.25) is 0 Å². The van der Waals surface area contributed by atoms with Gasteiger partial charge in [-0.2, -0.15) is 0 Å². The Morgan fingerprint density at radius 1 is 1.16 bits per heavy atom. The minimum atomic E-state index is -0.200. The minimum absolute atomic E-state index is 0.200. The molecule has 1 aromatic carbocycles. The predicted molar refractivity (Wildman–Crippen MR) is 104 cm³/mol. The van der Waals surface area contributed by atoms with E-state index in [0.29, 0.717) is 10.9 Å². The summed E-state index contributed by atoms with van der Waals surface area (Å²) in [5.41, 5.74) is 3.21. The van der Waals surface area contributed by atoms with Gasteiger partial charge in [-0.1, -0.05) is 18.7 Å². The number of carbonyl (C=O) groups is 1. The van der Waals surface area contributed by atoms with E-state index in [4.69, 9.17) is 0 Å². The molecule has 0 spiro atoms. The molecule has 2 heterocycles. The van der Waals surface area contributed by atoms with Crippen molar-refractivity contribution in [3.63, 3.8) is 0 Å². The fourth-order valence-corrected chi connectivity index (χ4v) is 3.58. The number of nitrogens with one attached hydrogen (secondary N) is 1. The molecule has 1 aliphatic heterocycles. The summed E-state index contributed by atoms with van der Waals surface area (Å²) in [5.74, 6) is 0.678. The predicted octanol–water partition coefficient (Wildman–Crippen LogP) is 4.14. The molecule has 1 amide bonds. The van der Waals surface area contributed by atoms with Crippen molar-refractivity contribution < 1.29 is 4.79 Å². The van der Waals surface area contributed by atoms with E-state index < -0.39 is 0 Å². The highest BCUT2D eigenvalue weighted by atomic mass is 32.2. The standard InChI is InChI=1S/C19H24N4OS/c1-3-25-19-20-14(2)13-17(22-19)18(24)21-15-7-9-16(10-8-15)23-11-5-4-6-12-23/h7-10,13H,3-6,11-12H2,1-2H3,(H,21,24). The zero-order valence-corrected chi connectivity index (χ0v) is 15.6. The normalized spacial score (nSPS) is 14.4. The Morgan fingerprint density at radius 2 is 1.88 bits per heavy atom. The highest BCUT2D eigenvalue weighted by Gasteiger charge is 2.13. The first-order valence-corrected chi connectivity index (χ1v) is 9.79. The number of aryl methyl sites for hydroxylation is 1. The molecule has 3 rings (SSSR count). The van der Waals surface area contributed by atoms with Gasteiger partial charge in [0.05, 0.1) is 0 Å². The molecule has 0 unspecified atom stereocenters. The molecule has 1 aliphatic rings. The number of nitrogens with zero attached hydrogens (tertiary/aromatic N) is 3. The van der Waals surface area contributed by atoms with Gasteiger partial charge in [-0.25, -0.2) is 9.97 Å². The third-order valence-corrected chi connectivity index (χ3v) is 4.92. The molecule has 5 nitrogen and oxygen atoms in total. The topological polar surface area (TPSA) is 58.1 Å². The Kier molecular flexibility index (Phi) is 5.91. The fourth-order valence-electron chi connectivity index (χ4n) is 2.95. The quantitative estimate of drug-likeness (QED) is 0.644. The van der Waals surface area contributed by atoms with Crippen molar-refractivity contribution >= 4 is 29.0 Å². The van der Waals surface area contributed by atoms with Crippen molar-refractivity contribution in [2.75, 3.05) is 29.1 Å². The lowest BCUT2D eigenvalue weighted by atomic mass is 10.1. The summed E-state index contributed by atoms with van der Waals surface area (Å²) < 4.78 is 0. The van der Waals surface area contributed by atoms with Crippen LogP contribution in [0.5, 0.6) is 0 Å². The zero-order chi connectivity index (χ0) is 17.6. The van der Waals surface area contributed by atoms with Crippen molar-refractivity contribution in [2.45, 2.75) is 38.3 Å². The van der Waals surface area contributed by atoms with Gasteiger partial charge in [0, 0.05) is 30.2 Å². The number of piperidine rings is 1. The molecule has 132 valence electrons. The van der Waals surface area contributed by atoms with Gasteiger partial charge < -0.3 is 10.2 Å². The van der Waals surface area contributed by atoms with Crippen LogP contribution < -0.4 is 10.2 Å². The number of hydrogen-bond acceptors (Lipinski definition) is 5. The van der Waals surface area contributed by atoms with Crippen molar-refractivity contribution in [2.24, 2.45) is 0 Å². The second kappa shape index (κ2) is 8.34. The molecule has 1 saturated heterocycles. The van der Waals surface area contributed by atoms with Crippen molar-refractivity contribution in [1.82, 2.24) is 9.97 Å². The molecule has 1 N–H and O–H groups in total. The van der Waals surface area contributed by atoms with Gasteiger partial charge in [-0.15, -0.1) is 0 Å². The van der Waals surface area contributed by atoms with Crippen LogP contribution in [0.3, 0.4) is 0 Å². The number of hydrogen-bond donors (Lipinski definition) is 1. The van der Waals surface area contributed by atoms with Crippen molar-refractivity contribution in [1.29, 1.82) is 0 Å². The maximum absolute atomic E-state index is 12.5. The summed E-state index contributed by atoms with van der Waals surface area (Å²) in [7, 11) is 0. The third kappa shape index (κ3) is 4.72. The van der Waals surface area contributed by atoms with Gasteiger partial charge in [0.15, 0.2) is 5.16 Å². The lowest BCUT2D eigenvalue weighted by Crippen LogP contribution is -2.29. The first kappa shape index (κ1) is 17.7. The summed E-state index contributed by atoms with van der Waals surface area (Å²) in [6.07, 6.45) is 3.83. The molecule has 0 saturated carbocycles. The Morgan fingerprint density at radius 3 is 2.56 bits per heavy atom. The highest BCUT2D eigenvalue weighted by Crippen LogP contribution is 2.22. The number of carbonyl (C=O) groups excluding carboxylic acids is 1. The second-order valence-electron chi connectivity index (χ2n) is 6.16. The number of benzene rings is 1. The summed E-state index contributed by atoms with van der Waals surface area (Å²) in [5, 5.41) is 3.57. The Bertz CT molecular complexity index is 727. The molecule has 0 atom stereocenters. The molecule has 25 heavy (non-hydrogen) atoms. The first-order valence-electron chi connectivity index (χ1n) is 8.80. The molecule has 0 bridgehead atoms. The lowest BCUT2D eigenvalue weighted by Gasteiger charge is -2.28. The third-order valence-electron chi connectivity index (χ3n) is 4.19. The van der Waals surface area contributed by atoms with Crippen LogP contribution in [-0.2, 0) is 0 Å². The SMILES string of the molecule is CCSc1nc(C)cc(C(=O)Nc2ccc(N3CCCCC3)cc2)n1. The molecule has 6 heteroatoms. The van der Waals surface area contributed by atoms with Crippen LogP contribution in [0, 0.1) is 6.92 Å². The molecule has 0 aliphatic carbocycles. The number of aromatic nitrogens is 2. The number of rotatable bonds is 5. The van der Waals surface area contributed by atoms with Gasteiger partial charge >= 0.3 is 0 Å². The number of anilines is 2. The number of thioether (sulfide) groups is 1. The van der Waals surface area contributed by atoms with Crippen LogP contribution in [-0.4, -0.2) is 34.7 Å². The van der Waals surface area contributed by atoms with Crippen molar-refractivity contribution in [3.05, 3.63) is 41.7 Å². The summed E-state index contributed by atoms with van der Waals surface area (Å²) >= 11 is 1.54. The summed E-state index contributed by atoms with van der Waals surface area (Å²) in [6, 6.07) is 9.78. The average Bonchev–Trinajstić information content (AvgIpc) is 2.63. The zero-order valence-electron chi connectivity index (χ0n) is 14.8. The van der Waals surface area contributed by atoms with E-state index in [1.807, 2.05) is 26.0 Å². The van der Waals surface area contributed by atoms with Crippen LogP contribution in [0.2, 0.25) is 0 Å². The lowest BCUT2D eigenvalue weighted by molar-refractivity contribution is 0.102. The largest absolute Gasteiger partial charge is 0.372 e. The van der Waals surface area contributed by atoms with Crippen LogP contribution in [0.1, 0.15) is 42.4 Å². The van der Waals surface area contributed by atoms with E-state index in [-0.39, 0.29) is 5.91 Å². The van der Waals surface area contributed by atoms with Crippen LogP contribution in [0.25, 0.3) is 0 Å². The van der Waals surface area contributed by atoms with Gasteiger partial charge in [0.1, 0.15) is 5.69 Å². The smallest absolute Gasteiger partial charge is 0.274 e. The van der Waals surface area contributed by atoms with E-state index in [2.05, 4.69) is 32.3 Å². The van der Waals surface area contributed by atoms with E-state index >= 15 is 0 Å². The Hall–Kier alpha value is -2.08. The summed E-state index contributed by atoms with van der Waals surface area (Å²) in [6.45, 7) is 6.15. The van der Waals surface area contributed by atoms with E-state index in [1.165, 1.54) is 36.7 Å². The Labute approximate surface area is 153 Å². The Balaban J connectivity index is 1.68. The van der Waals surface area contributed by atoms with Crippen LogP contribution in [0.15, 0.2) is 35.5 Å².